The van der Waals surface area contributed by atoms with E-state index in [0.29, 0.717) is 18.3 Å². The summed E-state index contributed by atoms with van der Waals surface area (Å²) in [4.78, 5) is 2.50. The van der Waals surface area contributed by atoms with Crippen molar-refractivity contribution in [2.45, 2.75) is 56.8 Å². The molecule has 0 unspecified atom stereocenters. The number of hydrogen-bond donors (Lipinski definition) is 0. The van der Waals surface area contributed by atoms with Crippen LogP contribution in [0, 0.1) is 0 Å². The molecule has 4 heteroatoms. The van der Waals surface area contributed by atoms with Crippen molar-refractivity contribution in [3.8, 4) is 0 Å². The number of methoxy groups -OCH3 is 2. The van der Waals surface area contributed by atoms with Gasteiger partial charge in [-0.2, -0.15) is 0 Å². The molecule has 0 amide bonds. The van der Waals surface area contributed by atoms with Gasteiger partial charge in [-0.15, -0.1) is 0 Å². The molecule has 0 radical (unpaired) electrons. The second-order valence-electron chi connectivity index (χ2n) is 7.04. The normalized spacial score (nSPS) is 24.8. The lowest BCUT2D eigenvalue weighted by molar-refractivity contribution is -0.119. The fourth-order valence-corrected chi connectivity index (χ4v) is 3.67. The van der Waals surface area contributed by atoms with Gasteiger partial charge in [0.15, 0.2) is 0 Å². The molecule has 0 aromatic heterocycles. The van der Waals surface area contributed by atoms with Crippen molar-refractivity contribution in [2.24, 2.45) is 0 Å². The third-order valence-electron chi connectivity index (χ3n) is 5.30. The average molecular weight is 333 g/mol. The van der Waals surface area contributed by atoms with E-state index in [1.807, 2.05) is 0 Å². The van der Waals surface area contributed by atoms with Crippen LogP contribution in [0.4, 0.5) is 5.69 Å². The standard InChI is InChI=1S/C20H31NO3/c1-22-12-4-6-16-5-3-7-17(13-16)21-10-8-18(9-11-21)24-20-14-19(15-20)23-2/h3,5,7,13,18-20H,4,6,8-12,14-15H2,1-2H3. The summed E-state index contributed by atoms with van der Waals surface area (Å²) in [6.45, 7) is 3.01. The van der Waals surface area contributed by atoms with Crippen molar-refractivity contribution in [3.05, 3.63) is 29.8 Å². The topological polar surface area (TPSA) is 30.9 Å². The van der Waals surface area contributed by atoms with Crippen LogP contribution < -0.4 is 4.90 Å². The molecule has 0 N–H and O–H groups in total. The van der Waals surface area contributed by atoms with Gasteiger partial charge in [0.25, 0.3) is 0 Å². The first-order chi connectivity index (χ1) is 11.8. The molecule has 1 aromatic carbocycles. The van der Waals surface area contributed by atoms with Gasteiger partial charge < -0.3 is 19.1 Å². The summed E-state index contributed by atoms with van der Waals surface area (Å²) < 4.78 is 16.7. The van der Waals surface area contributed by atoms with E-state index in [4.69, 9.17) is 14.2 Å². The number of benzene rings is 1. The molecule has 2 aliphatic rings. The van der Waals surface area contributed by atoms with Crippen LogP contribution in [0.3, 0.4) is 0 Å². The molecule has 1 heterocycles. The maximum atomic E-state index is 6.21. The SMILES string of the molecule is COCCCc1cccc(N2CCC(OC3CC(OC)C3)CC2)c1. The molecule has 0 spiro atoms. The van der Waals surface area contributed by atoms with Crippen molar-refractivity contribution in [1.82, 2.24) is 0 Å². The molecule has 1 aliphatic heterocycles. The largest absolute Gasteiger partial charge is 0.385 e. The van der Waals surface area contributed by atoms with Gasteiger partial charge in [-0.1, -0.05) is 12.1 Å². The number of aryl methyl sites for hydroxylation is 1. The molecule has 1 saturated carbocycles. The van der Waals surface area contributed by atoms with Crippen LogP contribution in [0.15, 0.2) is 24.3 Å². The summed E-state index contributed by atoms with van der Waals surface area (Å²) in [5.74, 6) is 0. The van der Waals surface area contributed by atoms with Crippen molar-refractivity contribution in [2.75, 3.05) is 38.8 Å². The van der Waals surface area contributed by atoms with Crippen molar-refractivity contribution in [3.63, 3.8) is 0 Å². The first-order valence-corrected chi connectivity index (χ1v) is 9.29. The molecule has 0 atom stereocenters. The summed E-state index contributed by atoms with van der Waals surface area (Å²) in [6.07, 6.45) is 7.84. The summed E-state index contributed by atoms with van der Waals surface area (Å²) in [6, 6.07) is 8.97. The van der Waals surface area contributed by atoms with E-state index in [1.54, 1.807) is 14.2 Å². The predicted molar refractivity (Wildman–Crippen MR) is 96.8 cm³/mol. The zero-order valence-electron chi connectivity index (χ0n) is 15.1. The molecule has 4 nitrogen and oxygen atoms in total. The minimum Gasteiger partial charge on any atom is -0.385 e. The maximum absolute atomic E-state index is 6.21. The van der Waals surface area contributed by atoms with Crippen molar-refractivity contribution in [1.29, 1.82) is 0 Å². The molecular formula is C20H31NO3. The molecule has 2 fully saturated rings. The Labute approximate surface area is 146 Å². The number of ether oxygens (including phenoxy) is 3. The quantitative estimate of drug-likeness (QED) is 0.682. The zero-order chi connectivity index (χ0) is 16.8. The Morgan fingerprint density at radius 1 is 1.04 bits per heavy atom. The highest BCUT2D eigenvalue weighted by atomic mass is 16.5. The highest BCUT2D eigenvalue weighted by molar-refractivity contribution is 5.49. The highest BCUT2D eigenvalue weighted by Crippen LogP contribution is 2.30. The first kappa shape index (κ1) is 17.7. The van der Waals surface area contributed by atoms with Crippen LogP contribution in [-0.2, 0) is 20.6 Å². The number of anilines is 1. The van der Waals surface area contributed by atoms with E-state index in [0.717, 1.165) is 58.2 Å². The Hall–Kier alpha value is -1.10. The van der Waals surface area contributed by atoms with Crippen LogP contribution >= 0.6 is 0 Å². The average Bonchev–Trinajstić information content (AvgIpc) is 2.59. The molecule has 1 aliphatic carbocycles. The minimum atomic E-state index is 0.425. The Morgan fingerprint density at radius 3 is 2.54 bits per heavy atom. The summed E-state index contributed by atoms with van der Waals surface area (Å²) >= 11 is 0. The van der Waals surface area contributed by atoms with Crippen LogP contribution in [0.25, 0.3) is 0 Å². The fourth-order valence-electron chi connectivity index (χ4n) is 3.67. The predicted octanol–water partition coefficient (Wildman–Crippen LogP) is 3.43. The Morgan fingerprint density at radius 2 is 1.83 bits per heavy atom. The minimum absolute atomic E-state index is 0.425. The fraction of sp³-hybridized carbons (Fsp3) is 0.700. The molecule has 24 heavy (non-hydrogen) atoms. The van der Waals surface area contributed by atoms with E-state index < -0.39 is 0 Å². The van der Waals surface area contributed by atoms with E-state index in [2.05, 4.69) is 29.2 Å². The van der Waals surface area contributed by atoms with Gasteiger partial charge in [-0.25, -0.2) is 0 Å². The summed E-state index contributed by atoms with van der Waals surface area (Å²) in [7, 11) is 3.56. The maximum Gasteiger partial charge on any atom is 0.0628 e. The van der Waals surface area contributed by atoms with Gasteiger partial charge in [0.2, 0.25) is 0 Å². The van der Waals surface area contributed by atoms with Gasteiger partial charge in [-0.05, 0) is 56.2 Å². The second-order valence-corrected chi connectivity index (χ2v) is 7.04. The lowest BCUT2D eigenvalue weighted by Gasteiger charge is -2.40. The zero-order valence-corrected chi connectivity index (χ0v) is 15.1. The summed E-state index contributed by atoms with van der Waals surface area (Å²) in [5.41, 5.74) is 2.76. The molecule has 0 bridgehead atoms. The van der Waals surface area contributed by atoms with Crippen LogP contribution in [-0.4, -0.2) is 52.2 Å². The third kappa shape index (κ3) is 4.71. The first-order valence-electron chi connectivity index (χ1n) is 9.29. The smallest absolute Gasteiger partial charge is 0.0628 e. The van der Waals surface area contributed by atoms with E-state index in [9.17, 15) is 0 Å². The molecule has 134 valence electrons. The Bertz CT molecular complexity index is 493. The number of rotatable bonds is 8. The molecule has 1 aromatic rings. The van der Waals surface area contributed by atoms with Gasteiger partial charge in [0.05, 0.1) is 18.3 Å². The van der Waals surface area contributed by atoms with Gasteiger partial charge in [0.1, 0.15) is 0 Å². The third-order valence-corrected chi connectivity index (χ3v) is 5.30. The lowest BCUT2D eigenvalue weighted by atomic mass is 9.91. The number of nitrogens with zero attached hydrogens (tertiary/aromatic N) is 1. The van der Waals surface area contributed by atoms with Crippen LogP contribution in [0.5, 0.6) is 0 Å². The van der Waals surface area contributed by atoms with E-state index in [-0.39, 0.29) is 0 Å². The number of piperidine rings is 1. The van der Waals surface area contributed by atoms with Gasteiger partial charge >= 0.3 is 0 Å². The van der Waals surface area contributed by atoms with E-state index in [1.165, 1.54) is 11.3 Å². The highest BCUT2D eigenvalue weighted by Gasteiger charge is 2.32. The van der Waals surface area contributed by atoms with Crippen LogP contribution in [0.2, 0.25) is 0 Å². The molecule has 1 saturated heterocycles. The Balaban J connectivity index is 1.43. The lowest BCUT2D eigenvalue weighted by Crippen LogP contribution is -2.43. The van der Waals surface area contributed by atoms with Gasteiger partial charge in [0, 0.05) is 39.6 Å². The number of hydrogen-bond acceptors (Lipinski definition) is 4. The van der Waals surface area contributed by atoms with E-state index >= 15 is 0 Å². The monoisotopic (exact) mass is 333 g/mol. The Kier molecular flexibility index (Phi) is 6.52. The van der Waals surface area contributed by atoms with Crippen molar-refractivity contribution < 1.29 is 14.2 Å². The van der Waals surface area contributed by atoms with Gasteiger partial charge in [-0.3, -0.25) is 0 Å². The molecule has 3 rings (SSSR count). The van der Waals surface area contributed by atoms with Crippen molar-refractivity contribution >= 4 is 5.69 Å². The molecular weight excluding hydrogens is 302 g/mol. The second kappa shape index (κ2) is 8.84. The summed E-state index contributed by atoms with van der Waals surface area (Å²) in [5, 5.41) is 0. The van der Waals surface area contributed by atoms with Crippen LogP contribution in [0.1, 0.15) is 37.7 Å².